The molecule has 0 bridgehead atoms. The van der Waals surface area contributed by atoms with Gasteiger partial charge in [0.1, 0.15) is 17.2 Å². The number of imidazole rings is 1. The van der Waals surface area contributed by atoms with Crippen LogP contribution in [0.15, 0.2) is 30.7 Å². The van der Waals surface area contributed by atoms with Gasteiger partial charge < -0.3 is 50.5 Å². The lowest BCUT2D eigenvalue weighted by molar-refractivity contribution is -0.121. The average Bonchev–Trinajstić information content (AvgIpc) is 3.66. The molecule has 0 unspecified atom stereocenters. The Morgan fingerprint density at radius 1 is 0.711 bits per heavy atom. The van der Waals surface area contributed by atoms with E-state index in [2.05, 4.69) is 36.9 Å². The first-order valence-corrected chi connectivity index (χ1v) is 14.5. The molecule has 0 saturated heterocycles. The molecule has 45 heavy (non-hydrogen) atoms. The molecule has 0 aliphatic heterocycles. The van der Waals surface area contributed by atoms with Crippen LogP contribution in [-0.2, 0) is 30.7 Å². The van der Waals surface area contributed by atoms with E-state index in [9.17, 15) is 24.0 Å². The number of nitrogens with one attached hydrogen (secondary N) is 6. The van der Waals surface area contributed by atoms with Crippen LogP contribution in [0.25, 0.3) is 0 Å². The van der Waals surface area contributed by atoms with E-state index in [-0.39, 0.29) is 55.2 Å². The Morgan fingerprint density at radius 2 is 1.29 bits per heavy atom. The number of aryl methyl sites for hydroxylation is 3. The quantitative estimate of drug-likeness (QED) is 0.123. The third-order valence-electron chi connectivity index (χ3n) is 6.73. The zero-order chi connectivity index (χ0) is 33.1. The second kappa shape index (κ2) is 16.1. The normalized spacial score (nSPS) is 10.8. The highest BCUT2D eigenvalue weighted by Gasteiger charge is 2.18. The second-order valence-corrected chi connectivity index (χ2v) is 10.8. The highest BCUT2D eigenvalue weighted by molar-refractivity contribution is 6.05. The zero-order valence-electron chi connectivity index (χ0n) is 26.6. The van der Waals surface area contributed by atoms with Crippen molar-refractivity contribution in [1.82, 2.24) is 39.5 Å². The van der Waals surface area contributed by atoms with Gasteiger partial charge in [-0.15, -0.1) is 0 Å². The summed E-state index contributed by atoms with van der Waals surface area (Å²) < 4.78 is 4.73. The third kappa shape index (κ3) is 10.2. The predicted molar refractivity (Wildman–Crippen MR) is 170 cm³/mol. The molecule has 3 aromatic rings. The molecule has 0 atom stereocenters. The smallest absolute Gasteiger partial charge is 0.287 e. The van der Waals surface area contributed by atoms with Crippen molar-refractivity contribution in [1.29, 1.82) is 0 Å². The van der Waals surface area contributed by atoms with Gasteiger partial charge in [-0.1, -0.05) is 0 Å². The van der Waals surface area contributed by atoms with Crippen molar-refractivity contribution in [2.75, 3.05) is 63.3 Å². The minimum absolute atomic E-state index is 0.0156. The number of amides is 5. The maximum absolute atomic E-state index is 13.0. The molecule has 0 spiro atoms. The molecule has 0 aliphatic rings. The minimum atomic E-state index is -0.440. The number of aromatic nitrogens is 4. The molecule has 244 valence electrons. The summed E-state index contributed by atoms with van der Waals surface area (Å²) in [5.41, 5.74) is 1.41. The van der Waals surface area contributed by atoms with Crippen molar-refractivity contribution in [2.24, 2.45) is 21.1 Å². The van der Waals surface area contributed by atoms with Gasteiger partial charge in [-0.3, -0.25) is 24.0 Å². The number of nitrogens with zero attached hydrogens (tertiary/aromatic N) is 5. The third-order valence-corrected chi connectivity index (χ3v) is 6.73. The molecule has 3 aromatic heterocycles. The number of hydrogen-bond donors (Lipinski definition) is 6. The fraction of sp³-hybridized carbons (Fsp3) is 0.448. The first kappa shape index (κ1) is 34.4. The Labute approximate surface area is 261 Å². The standard InChI is InChI=1S/C29H43N11O5/c1-30-23-18-40(6)26(36-23)29(45)33-12-9-25(42)34-19-14-22(39(5)16-19)28(44)35-20-15-21(38(4)17-20)27(43)32-11-8-24(41)31-10-7-13-37(2)3/h14-18,30H,7-13H2,1-6H3,(H,31,41)(H,32,43)(H,33,45)(H,34,42)(H,35,44). The van der Waals surface area contributed by atoms with E-state index in [1.807, 2.05) is 19.0 Å². The summed E-state index contributed by atoms with van der Waals surface area (Å²) in [6.45, 7) is 1.73. The molecule has 16 heteroatoms. The number of anilines is 3. The van der Waals surface area contributed by atoms with Gasteiger partial charge in [-0.05, 0) is 39.2 Å². The van der Waals surface area contributed by atoms with Gasteiger partial charge >= 0.3 is 0 Å². The van der Waals surface area contributed by atoms with Crippen LogP contribution < -0.4 is 31.9 Å². The van der Waals surface area contributed by atoms with E-state index in [0.29, 0.717) is 29.4 Å². The number of rotatable bonds is 16. The highest BCUT2D eigenvalue weighted by atomic mass is 16.2. The number of carbonyl (C=O) groups excluding carboxylic acids is 5. The van der Waals surface area contributed by atoms with Crippen LogP contribution in [-0.4, -0.2) is 100 Å². The molecule has 0 aliphatic carbocycles. The summed E-state index contributed by atoms with van der Waals surface area (Å²) in [5.74, 6) is -0.920. The molecule has 6 N–H and O–H groups in total. The van der Waals surface area contributed by atoms with Crippen molar-refractivity contribution < 1.29 is 24.0 Å². The fourth-order valence-corrected chi connectivity index (χ4v) is 4.39. The van der Waals surface area contributed by atoms with Crippen molar-refractivity contribution in [3.63, 3.8) is 0 Å². The summed E-state index contributed by atoms with van der Waals surface area (Å²) >= 11 is 0. The summed E-state index contributed by atoms with van der Waals surface area (Å²) in [6, 6.07) is 3.07. The van der Waals surface area contributed by atoms with Gasteiger partial charge in [0.25, 0.3) is 17.7 Å². The van der Waals surface area contributed by atoms with Crippen molar-refractivity contribution in [3.8, 4) is 0 Å². The Morgan fingerprint density at radius 3 is 1.89 bits per heavy atom. The van der Waals surface area contributed by atoms with Gasteiger partial charge in [-0.2, -0.15) is 0 Å². The Hall–Kier alpha value is -5.12. The zero-order valence-corrected chi connectivity index (χ0v) is 26.6. The molecule has 3 rings (SSSR count). The van der Waals surface area contributed by atoms with Gasteiger partial charge in [0.15, 0.2) is 0 Å². The van der Waals surface area contributed by atoms with E-state index >= 15 is 0 Å². The van der Waals surface area contributed by atoms with Crippen LogP contribution in [0.2, 0.25) is 0 Å². The van der Waals surface area contributed by atoms with Gasteiger partial charge in [0, 0.05) is 79.3 Å². The summed E-state index contributed by atoms with van der Waals surface area (Å²) in [4.78, 5) is 68.7. The van der Waals surface area contributed by atoms with Crippen LogP contribution >= 0.6 is 0 Å². The Kier molecular flexibility index (Phi) is 12.3. The van der Waals surface area contributed by atoms with Crippen LogP contribution in [0.1, 0.15) is 50.9 Å². The lowest BCUT2D eigenvalue weighted by atomic mass is 10.3. The van der Waals surface area contributed by atoms with Crippen molar-refractivity contribution >= 4 is 46.7 Å². The number of hydrogen-bond acceptors (Lipinski definition) is 8. The Bertz CT molecular complexity index is 1520. The van der Waals surface area contributed by atoms with Crippen molar-refractivity contribution in [3.05, 3.63) is 47.9 Å². The lowest BCUT2D eigenvalue weighted by Gasteiger charge is -2.10. The molecule has 5 amide bonds. The van der Waals surface area contributed by atoms with Crippen molar-refractivity contribution in [2.45, 2.75) is 19.3 Å². The first-order chi connectivity index (χ1) is 21.4. The van der Waals surface area contributed by atoms with E-state index in [1.165, 1.54) is 6.07 Å². The lowest BCUT2D eigenvalue weighted by Crippen LogP contribution is -2.32. The van der Waals surface area contributed by atoms with E-state index in [4.69, 9.17) is 0 Å². The molecular formula is C29H43N11O5. The maximum atomic E-state index is 13.0. The van der Waals surface area contributed by atoms with Gasteiger partial charge in [0.05, 0.1) is 11.4 Å². The number of carbonyl (C=O) groups is 5. The molecule has 0 fully saturated rings. The second-order valence-electron chi connectivity index (χ2n) is 10.8. The summed E-state index contributed by atoms with van der Waals surface area (Å²) in [5, 5.41) is 16.6. The monoisotopic (exact) mass is 625 g/mol. The summed E-state index contributed by atoms with van der Waals surface area (Å²) in [7, 11) is 10.7. The van der Waals surface area contributed by atoms with Crippen LogP contribution in [0.4, 0.5) is 17.2 Å². The van der Waals surface area contributed by atoms with Gasteiger partial charge in [0.2, 0.25) is 17.6 Å². The topological polar surface area (TPSA) is 188 Å². The van der Waals surface area contributed by atoms with Crippen LogP contribution in [0.3, 0.4) is 0 Å². The molecule has 0 aromatic carbocycles. The highest BCUT2D eigenvalue weighted by Crippen LogP contribution is 2.18. The molecular weight excluding hydrogens is 582 g/mol. The molecule has 3 heterocycles. The first-order valence-electron chi connectivity index (χ1n) is 14.5. The largest absolute Gasteiger partial charge is 0.372 e. The van der Waals surface area contributed by atoms with Crippen LogP contribution in [0, 0.1) is 0 Å². The van der Waals surface area contributed by atoms with E-state index in [1.54, 1.807) is 66.5 Å². The molecule has 0 radical (unpaired) electrons. The van der Waals surface area contributed by atoms with Crippen LogP contribution in [0.5, 0.6) is 0 Å². The van der Waals surface area contributed by atoms with Gasteiger partial charge in [-0.25, -0.2) is 4.98 Å². The van der Waals surface area contributed by atoms with E-state index < -0.39 is 11.8 Å². The molecule has 0 saturated carbocycles. The average molecular weight is 626 g/mol. The minimum Gasteiger partial charge on any atom is -0.372 e. The maximum Gasteiger partial charge on any atom is 0.287 e. The summed E-state index contributed by atoms with van der Waals surface area (Å²) in [6.07, 6.45) is 5.90. The predicted octanol–water partition coefficient (Wildman–Crippen LogP) is 0.338. The molecule has 16 nitrogen and oxygen atoms in total. The SMILES string of the molecule is CNc1cn(C)c(C(=O)NCCC(=O)Nc2cc(C(=O)Nc3cc(C(=O)NCCC(=O)NCCCN(C)C)n(C)c3)n(C)c2)n1. The van der Waals surface area contributed by atoms with E-state index in [0.717, 1.165) is 13.0 Å². The Balaban J connectivity index is 1.45. The fourth-order valence-electron chi connectivity index (χ4n) is 4.39.